The van der Waals surface area contributed by atoms with Crippen molar-refractivity contribution in [3.05, 3.63) is 35.9 Å². The molecule has 0 spiro atoms. The lowest BCUT2D eigenvalue weighted by Gasteiger charge is -2.16. The van der Waals surface area contributed by atoms with E-state index in [1.54, 1.807) is 24.3 Å². The van der Waals surface area contributed by atoms with Crippen LogP contribution in [0.1, 0.15) is 18.9 Å². The molecule has 0 saturated heterocycles. The number of benzene rings is 1. The van der Waals surface area contributed by atoms with Gasteiger partial charge in [-0.3, -0.25) is 10.2 Å². The number of nitrogens with one attached hydrogen (secondary N) is 2. The fraction of sp³-hybridized carbons (Fsp3) is 0.188. The molecule has 0 radical (unpaired) electrons. The Kier molecular flexibility index (Phi) is 5.21. The monoisotopic (exact) mass is 306 g/mol. The fourth-order valence-corrected chi connectivity index (χ4v) is 1.91. The molecule has 1 aliphatic rings. The molecule has 1 aromatic rings. The fourth-order valence-electron chi connectivity index (χ4n) is 1.91. The molecule has 114 valence electrons. The topological polar surface area (TPSA) is 113 Å². The first kappa shape index (κ1) is 15.9. The number of rotatable bonds is 4. The molecule has 0 saturated carbocycles. The molecule has 7 nitrogen and oxygen atoms in total. The highest BCUT2D eigenvalue weighted by Crippen LogP contribution is 2.14. The molecule has 7 heteroatoms. The van der Waals surface area contributed by atoms with E-state index in [-0.39, 0.29) is 17.5 Å². The van der Waals surface area contributed by atoms with Crippen molar-refractivity contribution in [2.45, 2.75) is 13.3 Å². The van der Waals surface area contributed by atoms with E-state index in [1.165, 1.54) is 0 Å². The first-order valence-electron chi connectivity index (χ1n) is 6.91. The van der Waals surface area contributed by atoms with Crippen molar-refractivity contribution in [3.8, 4) is 12.1 Å². The highest BCUT2D eigenvalue weighted by molar-refractivity contribution is 6.10. The lowest BCUT2D eigenvalue weighted by molar-refractivity contribution is -0.121. The Bertz CT molecular complexity index is 745. The molecule has 0 aliphatic carbocycles. The molecule has 2 N–H and O–H groups in total. The largest absolute Gasteiger partial charge is 0.277 e. The quantitative estimate of drug-likeness (QED) is 0.654. The summed E-state index contributed by atoms with van der Waals surface area (Å²) in [6, 6.07) is 10.6. The van der Waals surface area contributed by atoms with Crippen molar-refractivity contribution in [3.63, 3.8) is 0 Å². The third-order valence-corrected chi connectivity index (χ3v) is 3.17. The van der Waals surface area contributed by atoms with E-state index in [4.69, 9.17) is 10.5 Å². The number of hydrazone groups is 2. The van der Waals surface area contributed by atoms with Crippen LogP contribution in [0.5, 0.6) is 0 Å². The SMILES string of the molecule is CC1CC(=O)NN=C1/C=C/c1ccc(NN=C(C#N)C#N)cc1. The molecular weight excluding hydrogens is 292 g/mol. The summed E-state index contributed by atoms with van der Waals surface area (Å²) in [6.45, 7) is 1.95. The summed E-state index contributed by atoms with van der Waals surface area (Å²) >= 11 is 0. The molecule has 1 aromatic carbocycles. The zero-order valence-electron chi connectivity index (χ0n) is 12.4. The van der Waals surface area contributed by atoms with Gasteiger partial charge in [-0.05, 0) is 23.8 Å². The van der Waals surface area contributed by atoms with E-state index in [2.05, 4.69) is 21.1 Å². The van der Waals surface area contributed by atoms with E-state index in [9.17, 15) is 4.79 Å². The molecule has 1 aliphatic heterocycles. The maximum atomic E-state index is 11.2. The Labute approximate surface area is 133 Å². The predicted octanol–water partition coefficient (Wildman–Crippen LogP) is 2.03. The Morgan fingerprint density at radius 3 is 2.65 bits per heavy atom. The summed E-state index contributed by atoms with van der Waals surface area (Å²) in [5.74, 6) is 0.0189. The minimum atomic E-state index is -0.236. The lowest BCUT2D eigenvalue weighted by atomic mass is 9.99. The zero-order chi connectivity index (χ0) is 16.7. The van der Waals surface area contributed by atoms with E-state index in [0.717, 1.165) is 11.3 Å². The number of nitrogens with zero attached hydrogens (tertiary/aromatic N) is 4. The van der Waals surface area contributed by atoms with Gasteiger partial charge in [0, 0.05) is 12.3 Å². The Morgan fingerprint density at radius 1 is 1.35 bits per heavy atom. The summed E-state index contributed by atoms with van der Waals surface area (Å²) in [7, 11) is 0. The van der Waals surface area contributed by atoms with Crippen molar-refractivity contribution in [1.29, 1.82) is 10.5 Å². The van der Waals surface area contributed by atoms with Gasteiger partial charge >= 0.3 is 0 Å². The van der Waals surface area contributed by atoms with Crippen molar-refractivity contribution < 1.29 is 4.79 Å². The van der Waals surface area contributed by atoms with Crippen LogP contribution in [0.15, 0.2) is 40.5 Å². The smallest absolute Gasteiger partial charge is 0.240 e. The summed E-state index contributed by atoms with van der Waals surface area (Å²) in [4.78, 5) is 11.2. The van der Waals surface area contributed by atoms with Gasteiger partial charge in [0.05, 0.1) is 11.4 Å². The molecule has 0 fully saturated rings. The summed E-state index contributed by atoms with van der Waals surface area (Å²) < 4.78 is 0. The van der Waals surface area contributed by atoms with Crippen LogP contribution in [-0.4, -0.2) is 17.3 Å². The zero-order valence-corrected chi connectivity index (χ0v) is 12.4. The molecule has 1 atom stereocenters. The minimum absolute atomic E-state index is 0.0697. The standard InChI is InChI=1S/C16H14N6O/c1-11-8-16(23)22-21-15(11)7-4-12-2-5-13(6-3-12)19-20-14(9-17)10-18/h2-7,11,19H,8H2,1H3,(H,22,23)/b7-4+. The van der Waals surface area contributed by atoms with E-state index in [1.807, 2.05) is 31.2 Å². The first-order chi connectivity index (χ1) is 11.1. The maximum Gasteiger partial charge on any atom is 0.240 e. The number of anilines is 1. The van der Waals surface area contributed by atoms with E-state index >= 15 is 0 Å². The van der Waals surface area contributed by atoms with Gasteiger partial charge in [0.25, 0.3) is 0 Å². The molecule has 0 bridgehead atoms. The van der Waals surface area contributed by atoms with Crippen LogP contribution in [0, 0.1) is 28.6 Å². The van der Waals surface area contributed by atoms with Gasteiger partial charge in [0.15, 0.2) is 0 Å². The number of carbonyl (C=O) groups is 1. The number of allylic oxidation sites excluding steroid dienone is 1. The number of hydrogen-bond donors (Lipinski definition) is 2. The number of carbonyl (C=O) groups excluding carboxylic acids is 1. The van der Waals surface area contributed by atoms with E-state index < -0.39 is 0 Å². The molecule has 23 heavy (non-hydrogen) atoms. The average molecular weight is 306 g/mol. The van der Waals surface area contributed by atoms with Crippen molar-refractivity contribution in [2.24, 2.45) is 16.1 Å². The number of nitriles is 2. The van der Waals surface area contributed by atoms with Crippen LogP contribution in [0.3, 0.4) is 0 Å². The van der Waals surface area contributed by atoms with Gasteiger partial charge in [0.2, 0.25) is 11.6 Å². The summed E-state index contributed by atoms with van der Waals surface area (Å²) in [5.41, 5.74) is 7.31. The third kappa shape index (κ3) is 4.51. The van der Waals surface area contributed by atoms with Crippen molar-refractivity contribution in [2.75, 3.05) is 5.43 Å². The summed E-state index contributed by atoms with van der Waals surface area (Å²) in [5, 5.41) is 24.9. The number of hydrogen-bond acceptors (Lipinski definition) is 6. The molecular formula is C16H14N6O. The van der Waals surface area contributed by atoms with Crippen LogP contribution in [0.25, 0.3) is 6.08 Å². The second-order valence-electron chi connectivity index (χ2n) is 4.93. The second kappa shape index (κ2) is 7.53. The Hall–Kier alpha value is -3.45. The van der Waals surface area contributed by atoms with Crippen LogP contribution < -0.4 is 10.9 Å². The normalized spacial score (nSPS) is 16.7. The van der Waals surface area contributed by atoms with E-state index in [0.29, 0.717) is 12.1 Å². The van der Waals surface area contributed by atoms with Crippen LogP contribution >= 0.6 is 0 Å². The van der Waals surface area contributed by atoms with Gasteiger partial charge in [-0.2, -0.15) is 20.7 Å². The lowest BCUT2D eigenvalue weighted by Crippen LogP contribution is -2.30. The molecule has 0 aromatic heterocycles. The average Bonchev–Trinajstić information content (AvgIpc) is 2.56. The molecule has 2 rings (SSSR count). The van der Waals surface area contributed by atoms with Crippen molar-refractivity contribution >= 4 is 29.1 Å². The van der Waals surface area contributed by atoms with Gasteiger partial charge < -0.3 is 0 Å². The Morgan fingerprint density at radius 2 is 2.04 bits per heavy atom. The molecule has 1 amide bonds. The van der Waals surface area contributed by atoms with Crippen LogP contribution in [0.4, 0.5) is 5.69 Å². The molecule has 1 heterocycles. The first-order valence-corrected chi connectivity index (χ1v) is 6.91. The minimum Gasteiger partial charge on any atom is -0.277 e. The predicted molar refractivity (Wildman–Crippen MR) is 87.1 cm³/mol. The summed E-state index contributed by atoms with van der Waals surface area (Å²) in [6.07, 6.45) is 4.20. The molecule has 1 unspecified atom stereocenters. The van der Waals surface area contributed by atoms with Gasteiger partial charge in [0.1, 0.15) is 12.1 Å². The number of amides is 1. The second-order valence-corrected chi connectivity index (χ2v) is 4.93. The van der Waals surface area contributed by atoms with Crippen LogP contribution in [0.2, 0.25) is 0 Å². The van der Waals surface area contributed by atoms with Gasteiger partial charge in [-0.15, -0.1) is 0 Å². The third-order valence-electron chi connectivity index (χ3n) is 3.17. The highest BCUT2D eigenvalue weighted by Gasteiger charge is 2.17. The maximum absolute atomic E-state index is 11.2. The van der Waals surface area contributed by atoms with Gasteiger partial charge in [-0.25, -0.2) is 5.43 Å². The van der Waals surface area contributed by atoms with Gasteiger partial charge in [-0.1, -0.05) is 25.1 Å². The van der Waals surface area contributed by atoms with Crippen molar-refractivity contribution in [1.82, 2.24) is 5.43 Å². The Balaban J connectivity index is 2.02. The van der Waals surface area contributed by atoms with Crippen LogP contribution in [-0.2, 0) is 4.79 Å². The highest BCUT2D eigenvalue weighted by atomic mass is 16.2.